The van der Waals surface area contributed by atoms with E-state index in [1.165, 1.54) is 16.2 Å². The Hall–Kier alpha value is -4.11. The van der Waals surface area contributed by atoms with Crippen molar-refractivity contribution < 1.29 is 28.6 Å². The molecule has 4 aromatic rings. The number of furan rings is 1. The second kappa shape index (κ2) is 11.8. The highest BCUT2D eigenvalue weighted by molar-refractivity contribution is 7.22. The van der Waals surface area contributed by atoms with Crippen LogP contribution in [0.25, 0.3) is 10.2 Å². The van der Waals surface area contributed by atoms with Gasteiger partial charge in [0.25, 0.3) is 5.91 Å². The maximum Gasteiger partial charge on any atom is 0.296 e. The fourth-order valence-corrected chi connectivity index (χ4v) is 6.29. The highest BCUT2D eigenvalue weighted by atomic mass is 32.1. The lowest BCUT2D eigenvalue weighted by atomic mass is 9.95. The number of fused-ring (bicyclic) bond motifs is 1. The van der Waals surface area contributed by atoms with Crippen LogP contribution < -0.4 is 14.4 Å². The Morgan fingerprint density at radius 3 is 2.56 bits per heavy atom. The van der Waals surface area contributed by atoms with Crippen molar-refractivity contribution in [3.63, 3.8) is 0 Å². The topological polar surface area (TPSA) is 102 Å². The third kappa shape index (κ3) is 5.46. The molecular formula is C32H34N2O6S. The number of thiazole rings is 1. The van der Waals surface area contributed by atoms with Crippen LogP contribution in [0.5, 0.6) is 11.5 Å². The second-order valence-corrected chi connectivity index (χ2v) is 11.2. The molecular weight excluding hydrogens is 540 g/mol. The van der Waals surface area contributed by atoms with Gasteiger partial charge in [-0.3, -0.25) is 14.5 Å². The highest BCUT2D eigenvalue weighted by Gasteiger charge is 2.47. The number of aliphatic hydroxyl groups is 1. The lowest BCUT2D eigenvalue weighted by Gasteiger charge is -2.25. The summed E-state index contributed by atoms with van der Waals surface area (Å²) >= 11 is 1.34. The Morgan fingerprint density at radius 2 is 1.85 bits per heavy atom. The summed E-state index contributed by atoms with van der Waals surface area (Å²) in [5.41, 5.74) is 3.33. The van der Waals surface area contributed by atoms with Crippen LogP contribution in [0, 0.1) is 20.8 Å². The van der Waals surface area contributed by atoms with E-state index >= 15 is 0 Å². The zero-order valence-corrected chi connectivity index (χ0v) is 24.8. The molecule has 1 aliphatic heterocycles. The molecule has 5 rings (SSSR count). The van der Waals surface area contributed by atoms with Crippen molar-refractivity contribution in [3.8, 4) is 11.5 Å². The maximum absolute atomic E-state index is 13.8. The number of carbonyl (C=O) groups excluding carboxylic acids is 2. The minimum atomic E-state index is -0.962. The number of benzene rings is 2. The number of aliphatic hydroxyl groups excluding tert-OH is 1. The van der Waals surface area contributed by atoms with Gasteiger partial charge in [-0.2, -0.15) is 0 Å². The van der Waals surface area contributed by atoms with Gasteiger partial charge < -0.3 is 19.0 Å². The van der Waals surface area contributed by atoms with Crippen molar-refractivity contribution in [1.82, 2.24) is 4.98 Å². The number of unbranched alkanes of at least 4 members (excludes halogenated alkanes) is 2. The van der Waals surface area contributed by atoms with Crippen LogP contribution in [-0.2, 0) is 4.79 Å². The first-order valence-electron chi connectivity index (χ1n) is 13.9. The lowest BCUT2D eigenvalue weighted by molar-refractivity contribution is -0.117. The quantitative estimate of drug-likeness (QED) is 0.146. The van der Waals surface area contributed by atoms with E-state index in [2.05, 4.69) is 6.92 Å². The van der Waals surface area contributed by atoms with Gasteiger partial charge in [0.15, 0.2) is 28.1 Å². The summed E-state index contributed by atoms with van der Waals surface area (Å²) in [5.74, 6) is -0.228. The normalized spacial score (nSPS) is 15.3. The summed E-state index contributed by atoms with van der Waals surface area (Å²) in [7, 11) is 0. The maximum atomic E-state index is 13.8. The van der Waals surface area contributed by atoms with E-state index in [9.17, 15) is 14.7 Å². The number of Topliss-reactive ketones (excluding diaryl/α,β-unsaturated/α-hetero) is 1. The number of aryl methyl sites for hydroxylation is 3. The molecule has 2 aromatic heterocycles. The molecule has 0 saturated heterocycles. The van der Waals surface area contributed by atoms with E-state index in [4.69, 9.17) is 18.9 Å². The number of nitrogens with zero attached hydrogens (tertiary/aromatic N) is 2. The molecule has 8 nitrogen and oxygen atoms in total. The Labute approximate surface area is 243 Å². The zero-order valence-electron chi connectivity index (χ0n) is 23.9. The standard InChI is InChI=1S/C32H34N2O6S/c1-6-8-9-14-39-22-13-11-21(17-24(22)38-7-2)28-26(29(35)23-12-10-20(5)40-23)30(36)31(37)34(28)32-33-27-19(4)15-18(3)16-25(27)41-32/h10-13,15-17,28,36H,6-9,14H2,1-5H3. The molecule has 0 saturated carbocycles. The summed E-state index contributed by atoms with van der Waals surface area (Å²) in [6, 6.07) is 11.7. The van der Waals surface area contributed by atoms with Crippen molar-refractivity contribution in [3.05, 3.63) is 82.0 Å². The minimum Gasteiger partial charge on any atom is -0.503 e. The summed E-state index contributed by atoms with van der Waals surface area (Å²) in [6.07, 6.45) is 3.06. The molecule has 0 aliphatic carbocycles. The van der Waals surface area contributed by atoms with Crippen molar-refractivity contribution in [2.24, 2.45) is 0 Å². The van der Waals surface area contributed by atoms with E-state index in [-0.39, 0.29) is 11.3 Å². The number of carbonyl (C=O) groups is 2. The third-order valence-corrected chi connectivity index (χ3v) is 8.03. The zero-order chi connectivity index (χ0) is 29.3. The molecule has 0 spiro atoms. The molecule has 1 amide bonds. The van der Waals surface area contributed by atoms with Crippen LogP contribution in [0.3, 0.4) is 0 Å². The number of ketones is 1. The average Bonchev–Trinajstić information content (AvgIpc) is 3.63. The van der Waals surface area contributed by atoms with Gasteiger partial charge in [-0.05, 0) is 81.1 Å². The van der Waals surface area contributed by atoms with Crippen LogP contribution in [0.1, 0.15) is 72.2 Å². The van der Waals surface area contributed by atoms with E-state index in [0.717, 1.165) is 40.6 Å². The van der Waals surface area contributed by atoms with Gasteiger partial charge in [0.1, 0.15) is 5.76 Å². The predicted molar refractivity (Wildman–Crippen MR) is 159 cm³/mol. The van der Waals surface area contributed by atoms with Crippen LogP contribution >= 0.6 is 11.3 Å². The Morgan fingerprint density at radius 1 is 1.05 bits per heavy atom. The average molecular weight is 575 g/mol. The first-order chi connectivity index (χ1) is 19.7. The predicted octanol–water partition coefficient (Wildman–Crippen LogP) is 7.57. The van der Waals surface area contributed by atoms with E-state index in [1.54, 1.807) is 37.3 Å². The molecule has 0 radical (unpaired) electrons. The van der Waals surface area contributed by atoms with Gasteiger partial charge in [-0.1, -0.05) is 43.2 Å². The van der Waals surface area contributed by atoms with E-state index in [1.807, 2.05) is 32.9 Å². The molecule has 1 atom stereocenters. The number of hydrogen-bond acceptors (Lipinski definition) is 8. The smallest absolute Gasteiger partial charge is 0.296 e. The van der Waals surface area contributed by atoms with Gasteiger partial charge in [-0.25, -0.2) is 4.98 Å². The summed E-state index contributed by atoms with van der Waals surface area (Å²) in [6.45, 7) is 10.7. The SMILES string of the molecule is CCCCCOc1ccc(C2C(C(=O)c3ccc(C)o3)=C(O)C(=O)N2c2nc3c(C)cc(C)cc3s2)cc1OCC. The molecule has 3 heterocycles. The molecule has 1 aliphatic rings. The van der Waals surface area contributed by atoms with Crippen molar-refractivity contribution in [1.29, 1.82) is 0 Å². The molecule has 0 fully saturated rings. The van der Waals surface area contributed by atoms with Gasteiger partial charge >= 0.3 is 0 Å². The van der Waals surface area contributed by atoms with Gasteiger partial charge in [0.05, 0.1) is 35.0 Å². The van der Waals surface area contributed by atoms with E-state index in [0.29, 0.717) is 41.2 Å². The molecule has 0 bridgehead atoms. The lowest BCUT2D eigenvalue weighted by Crippen LogP contribution is -2.31. The number of aromatic nitrogens is 1. The van der Waals surface area contributed by atoms with E-state index < -0.39 is 23.5 Å². The van der Waals surface area contributed by atoms with Crippen LogP contribution in [0.4, 0.5) is 5.13 Å². The Balaban J connectivity index is 1.63. The monoisotopic (exact) mass is 574 g/mol. The van der Waals surface area contributed by atoms with Crippen LogP contribution in [0.15, 0.2) is 58.2 Å². The molecule has 1 N–H and O–H groups in total. The molecule has 2 aromatic carbocycles. The Kier molecular flexibility index (Phi) is 8.17. The summed E-state index contributed by atoms with van der Waals surface area (Å²) < 4.78 is 18.5. The van der Waals surface area contributed by atoms with Crippen molar-refractivity contribution in [2.45, 2.75) is 59.9 Å². The number of anilines is 1. The Bertz CT molecular complexity index is 1650. The summed E-state index contributed by atoms with van der Waals surface area (Å²) in [4.78, 5) is 33.7. The summed E-state index contributed by atoms with van der Waals surface area (Å²) in [5, 5.41) is 11.6. The molecule has 214 valence electrons. The minimum absolute atomic E-state index is 0.0420. The van der Waals surface area contributed by atoms with Crippen LogP contribution in [-0.4, -0.2) is 35.0 Å². The van der Waals surface area contributed by atoms with Gasteiger partial charge in [0.2, 0.25) is 5.78 Å². The van der Waals surface area contributed by atoms with Crippen LogP contribution in [0.2, 0.25) is 0 Å². The third-order valence-electron chi connectivity index (χ3n) is 7.03. The molecule has 9 heteroatoms. The highest BCUT2D eigenvalue weighted by Crippen LogP contribution is 2.46. The van der Waals surface area contributed by atoms with Crippen molar-refractivity contribution >= 4 is 38.4 Å². The van der Waals surface area contributed by atoms with Crippen molar-refractivity contribution in [2.75, 3.05) is 18.1 Å². The number of amides is 1. The molecule has 1 unspecified atom stereocenters. The fraction of sp³-hybridized carbons (Fsp3) is 0.344. The van der Waals surface area contributed by atoms with Gasteiger partial charge in [-0.15, -0.1) is 0 Å². The first-order valence-corrected chi connectivity index (χ1v) is 14.7. The molecule has 41 heavy (non-hydrogen) atoms. The van der Waals surface area contributed by atoms with Gasteiger partial charge in [0, 0.05) is 0 Å². The first kappa shape index (κ1) is 28.4. The number of hydrogen-bond donors (Lipinski definition) is 1. The number of rotatable bonds is 11. The second-order valence-electron chi connectivity index (χ2n) is 10.2. The largest absolute Gasteiger partial charge is 0.503 e. The number of ether oxygens (including phenoxy) is 2. The fourth-order valence-electron chi connectivity index (χ4n) is 5.12.